The molecule has 0 saturated carbocycles. The maximum atomic E-state index is 11.9. The third-order valence-electron chi connectivity index (χ3n) is 3.14. The van der Waals surface area contributed by atoms with Gasteiger partial charge in [-0.25, -0.2) is 4.57 Å². The van der Waals surface area contributed by atoms with Crippen LogP contribution in [-0.2, 0) is 26.8 Å². The molecule has 2 rings (SSSR count). The molecule has 25 heavy (non-hydrogen) atoms. The molecule has 0 saturated heterocycles. The van der Waals surface area contributed by atoms with Crippen molar-refractivity contribution >= 4 is 19.2 Å². The number of hydrogen-bond donors (Lipinski definition) is 1. The smallest absolute Gasteiger partial charge is 0.302 e. The van der Waals surface area contributed by atoms with E-state index in [0.717, 1.165) is 0 Å². The average Bonchev–Trinajstić information content (AvgIpc) is 2.58. The Hall–Kier alpha value is -2.65. The van der Waals surface area contributed by atoms with Gasteiger partial charge in [0.2, 0.25) is 0 Å². The van der Waals surface area contributed by atoms with Crippen LogP contribution in [0.1, 0.15) is 11.1 Å². The molecule has 0 heterocycles. The molecule has 0 atom stereocenters. The van der Waals surface area contributed by atoms with Crippen LogP contribution in [0.5, 0.6) is 0 Å². The van der Waals surface area contributed by atoms with Gasteiger partial charge >= 0.3 is 7.82 Å². The molecule has 1 N–H and O–H groups in total. The summed E-state index contributed by atoms with van der Waals surface area (Å²) in [4.78, 5) is 30.1. The molecular weight excluding hydrogens is 355 g/mol. The Bertz CT molecular complexity index is 776. The zero-order chi connectivity index (χ0) is 18.4. The molecule has 0 radical (unpaired) electrons. The SMILES string of the molecule is O=[N+]([O-])c1ccccc1COP(=O)(O)OCc1ccccc1[N+](=O)[O-]. The third kappa shape index (κ3) is 5.16. The normalized spacial score (nSPS) is 11.2. The summed E-state index contributed by atoms with van der Waals surface area (Å²) in [7, 11) is -4.57. The number of hydrogen-bond acceptors (Lipinski definition) is 7. The lowest BCUT2D eigenvalue weighted by Crippen LogP contribution is -2.01. The summed E-state index contributed by atoms with van der Waals surface area (Å²) in [6.45, 7) is -1.05. The standard InChI is InChI=1S/C14H13N2O8P/c17-15(18)13-7-3-1-5-11(13)9-23-25(21,22)24-10-12-6-2-4-8-14(12)16(19)20/h1-8H,9-10H2,(H,21,22). The molecule has 2 aromatic carbocycles. The molecule has 0 amide bonds. The minimum Gasteiger partial charge on any atom is -0.302 e. The van der Waals surface area contributed by atoms with Gasteiger partial charge in [-0.1, -0.05) is 24.3 Å². The summed E-state index contributed by atoms with van der Waals surface area (Å²) < 4.78 is 21.4. The fourth-order valence-corrected chi connectivity index (χ4v) is 2.64. The van der Waals surface area contributed by atoms with E-state index in [1.165, 1.54) is 48.5 Å². The summed E-state index contributed by atoms with van der Waals surface area (Å²) in [6.07, 6.45) is 0. The molecule has 0 aromatic heterocycles. The van der Waals surface area contributed by atoms with E-state index < -0.39 is 30.9 Å². The highest BCUT2D eigenvalue weighted by atomic mass is 31.2. The van der Waals surface area contributed by atoms with Crippen molar-refractivity contribution in [3.63, 3.8) is 0 Å². The molecule has 10 nitrogen and oxygen atoms in total. The molecule has 0 bridgehead atoms. The first-order valence-corrected chi connectivity index (χ1v) is 8.36. The first-order valence-electron chi connectivity index (χ1n) is 6.86. The van der Waals surface area contributed by atoms with Crippen LogP contribution in [0.25, 0.3) is 0 Å². The quantitative estimate of drug-likeness (QED) is 0.425. The highest BCUT2D eigenvalue weighted by Crippen LogP contribution is 2.45. The lowest BCUT2D eigenvalue weighted by molar-refractivity contribution is -0.385. The Morgan fingerprint density at radius 1 is 0.840 bits per heavy atom. The van der Waals surface area contributed by atoms with Gasteiger partial charge in [0.15, 0.2) is 0 Å². The van der Waals surface area contributed by atoms with E-state index >= 15 is 0 Å². The average molecular weight is 368 g/mol. The molecule has 0 fully saturated rings. The molecule has 0 aliphatic rings. The Labute approximate surface area is 141 Å². The second-order valence-corrected chi connectivity index (χ2v) is 6.24. The number of nitrogens with zero attached hydrogens (tertiary/aromatic N) is 2. The van der Waals surface area contributed by atoms with Crippen molar-refractivity contribution < 1.29 is 28.4 Å². The van der Waals surface area contributed by atoms with E-state index in [4.69, 9.17) is 9.05 Å². The number of benzene rings is 2. The van der Waals surface area contributed by atoms with Gasteiger partial charge < -0.3 is 4.89 Å². The zero-order valence-corrected chi connectivity index (χ0v) is 13.6. The van der Waals surface area contributed by atoms with Crippen molar-refractivity contribution in [1.82, 2.24) is 0 Å². The number of para-hydroxylation sites is 2. The van der Waals surface area contributed by atoms with Crippen molar-refractivity contribution in [1.29, 1.82) is 0 Å². The van der Waals surface area contributed by atoms with Crippen LogP contribution >= 0.6 is 7.82 Å². The van der Waals surface area contributed by atoms with E-state index in [0.29, 0.717) is 0 Å². The summed E-state index contributed by atoms with van der Waals surface area (Å²) in [6, 6.07) is 11.1. The number of nitro benzene ring substituents is 2. The Morgan fingerprint density at radius 3 is 1.56 bits per heavy atom. The monoisotopic (exact) mass is 368 g/mol. The molecule has 132 valence electrons. The highest BCUT2D eigenvalue weighted by molar-refractivity contribution is 7.47. The largest absolute Gasteiger partial charge is 0.472 e. The lowest BCUT2D eigenvalue weighted by atomic mass is 10.2. The van der Waals surface area contributed by atoms with Crippen LogP contribution in [0.4, 0.5) is 11.4 Å². The van der Waals surface area contributed by atoms with E-state index in [1.54, 1.807) is 0 Å². The first kappa shape index (κ1) is 18.7. The van der Waals surface area contributed by atoms with E-state index in [1.807, 2.05) is 0 Å². The van der Waals surface area contributed by atoms with E-state index in [-0.39, 0.29) is 22.5 Å². The summed E-state index contributed by atoms with van der Waals surface area (Å²) >= 11 is 0. The fourth-order valence-electron chi connectivity index (χ4n) is 1.96. The molecule has 0 unspecified atom stereocenters. The van der Waals surface area contributed by atoms with Crippen LogP contribution in [0, 0.1) is 20.2 Å². The van der Waals surface area contributed by atoms with E-state index in [2.05, 4.69) is 0 Å². The van der Waals surface area contributed by atoms with Gasteiger partial charge in [-0.15, -0.1) is 0 Å². The summed E-state index contributed by atoms with van der Waals surface area (Å²) in [5.41, 5.74) is -0.338. The van der Waals surface area contributed by atoms with Crippen molar-refractivity contribution in [3.05, 3.63) is 79.9 Å². The van der Waals surface area contributed by atoms with Gasteiger partial charge in [-0.05, 0) is 12.1 Å². The van der Waals surface area contributed by atoms with Crippen LogP contribution in [0.3, 0.4) is 0 Å². The number of rotatable bonds is 8. The second-order valence-electron chi connectivity index (χ2n) is 4.79. The van der Waals surface area contributed by atoms with Crippen molar-refractivity contribution in [2.24, 2.45) is 0 Å². The summed E-state index contributed by atoms with van der Waals surface area (Å²) in [5, 5.41) is 21.8. The number of phosphoric ester groups is 1. The molecule has 0 aliphatic carbocycles. The van der Waals surface area contributed by atoms with Crippen molar-refractivity contribution in [2.75, 3.05) is 0 Å². The van der Waals surface area contributed by atoms with Gasteiger partial charge in [0.05, 0.1) is 34.2 Å². The van der Waals surface area contributed by atoms with Gasteiger partial charge in [-0.2, -0.15) is 0 Å². The van der Waals surface area contributed by atoms with Crippen LogP contribution in [-0.4, -0.2) is 14.7 Å². The van der Waals surface area contributed by atoms with E-state index in [9.17, 15) is 29.7 Å². The highest BCUT2D eigenvalue weighted by Gasteiger charge is 2.25. The zero-order valence-electron chi connectivity index (χ0n) is 12.7. The number of nitro groups is 2. The minimum atomic E-state index is -4.57. The Morgan fingerprint density at radius 2 is 1.20 bits per heavy atom. The first-order chi connectivity index (χ1) is 11.8. The summed E-state index contributed by atoms with van der Waals surface area (Å²) in [5.74, 6) is 0. The van der Waals surface area contributed by atoms with Gasteiger partial charge in [-0.3, -0.25) is 29.3 Å². The molecule has 11 heteroatoms. The second kappa shape index (κ2) is 7.95. The molecular formula is C14H13N2O8P. The van der Waals surface area contributed by atoms with Crippen LogP contribution in [0.2, 0.25) is 0 Å². The maximum Gasteiger partial charge on any atom is 0.472 e. The Kier molecular flexibility index (Phi) is 5.94. The predicted octanol–water partition coefficient (Wildman–Crippen LogP) is 3.34. The molecule has 0 aliphatic heterocycles. The fraction of sp³-hybridized carbons (Fsp3) is 0.143. The maximum absolute atomic E-state index is 11.9. The third-order valence-corrected chi connectivity index (χ3v) is 4.05. The van der Waals surface area contributed by atoms with Gasteiger partial charge in [0, 0.05) is 12.1 Å². The topological polar surface area (TPSA) is 142 Å². The van der Waals surface area contributed by atoms with Crippen LogP contribution < -0.4 is 0 Å². The number of phosphoric acid groups is 1. The van der Waals surface area contributed by atoms with Gasteiger partial charge in [0.25, 0.3) is 11.4 Å². The Balaban J connectivity index is 2.03. The van der Waals surface area contributed by atoms with Crippen LogP contribution in [0.15, 0.2) is 48.5 Å². The predicted molar refractivity (Wildman–Crippen MR) is 85.6 cm³/mol. The van der Waals surface area contributed by atoms with Crippen molar-refractivity contribution in [3.8, 4) is 0 Å². The van der Waals surface area contributed by atoms with Gasteiger partial charge in [0.1, 0.15) is 0 Å². The minimum absolute atomic E-state index is 0.0936. The lowest BCUT2D eigenvalue weighted by Gasteiger charge is -2.12. The molecule has 2 aromatic rings. The molecule has 0 spiro atoms. The van der Waals surface area contributed by atoms with Crippen molar-refractivity contribution in [2.45, 2.75) is 13.2 Å².